The van der Waals surface area contributed by atoms with Gasteiger partial charge in [-0.25, -0.2) is 4.79 Å². The number of nitriles is 1. The molecular formula is C22H16ClNO3. The van der Waals surface area contributed by atoms with Gasteiger partial charge in [0.05, 0.1) is 11.6 Å². The van der Waals surface area contributed by atoms with Gasteiger partial charge < -0.3 is 9.47 Å². The van der Waals surface area contributed by atoms with Gasteiger partial charge in [0.2, 0.25) is 0 Å². The standard InChI is InChI=1S/C22H16ClNO3/c23-20-11-5-3-9-18(20)15-26-21-12-6-4-10-19(21)22(25)27-14-17-8-2-1-7-16(17)13-24/h1-12H,14-15H2. The molecule has 0 saturated heterocycles. The van der Waals surface area contributed by atoms with Crippen LogP contribution in [0.3, 0.4) is 0 Å². The van der Waals surface area contributed by atoms with Crippen molar-refractivity contribution in [2.24, 2.45) is 0 Å². The fraction of sp³-hybridized carbons (Fsp3) is 0.0909. The fourth-order valence-electron chi connectivity index (χ4n) is 2.51. The molecular weight excluding hydrogens is 362 g/mol. The molecule has 0 atom stereocenters. The third-order valence-electron chi connectivity index (χ3n) is 3.94. The Morgan fingerprint density at radius 2 is 1.56 bits per heavy atom. The molecule has 0 spiro atoms. The molecule has 0 aliphatic rings. The van der Waals surface area contributed by atoms with Gasteiger partial charge in [-0.05, 0) is 24.3 Å². The summed E-state index contributed by atoms with van der Waals surface area (Å²) in [4.78, 5) is 12.5. The largest absolute Gasteiger partial charge is 0.488 e. The lowest BCUT2D eigenvalue weighted by molar-refractivity contribution is 0.0467. The van der Waals surface area contributed by atoms with E-state index in [-0.39, 0.29) is 13.2 Å². The zero-order valence-corrected chi connectivity index (χ0v) is 15.1. The summed E-state index contributed by atoms with van der Waals surface area (Å²) in [5.74, 6) is -0.103. The molecule has 134 valence electrons. The third-order valence-corrected chi connectivity index (χ3v) is 4.31. The van der Waals surface area contributed by atoms with Gasteiger partial charge in [-0.3, -0.25) is 0 Å². The van der Waals surface area contributed by atoms with Crippen LogP contribution in [0, 0.1) is 11.3 Å². The van der Waals surface area contributed by atoms with Crippen LogP contribution in [0.2, 0.25) is 5.02 Å². The number of benzene rings is 3. The first-order chi connectivity index (χ1) is 13.2. The number of halogens is 1. The van der Waals surface area contributed by atoms with Gasteiger partial charge in [-0.15, -0.1) is 0 Å². The first-order valence-corrected chi connectivity index (χ1v) is 8.67. The molecule has 5 heteroatoms. The van der Waals surface area contributed by atoms with E-state index in [1.54, 1.807) is 54.6 Å². The zero-order valence-electron chi connectivity index (χ0n) is 14.4. The quantitative estimate of drug-likeness (QED) is 0.557. The Morgan fingerprint density at radius 1 is 0.889 bits per heavy atom. The number of rotatable bonds is 6. The average molecular weight is 378 g/mol. The molecule has 0 N–H and O–H groups in total. The molecule has 3 aromatic carbocycles. The Kier molecular flexibility index (Phi) is 6.09. The summed E-state index contributed by atoms with van der Waals surface area (Å²) in [5, 5.41) is 9.73. The first kappa shape index (κ1) is 18.5. The van der Waals surface area contributed by atoms with E-state index in [0.29, 0.717) is 27.5 Å². The summed E-state index contributed by atoms with van der Waals surface area (Å²) in [6.45, 7) is 0.253. The summed E-state index contributed by atoms with van der Waals surface area (Å²) in [7, 11) is 0. The highest BCUT2D eigenvalue weighted by molar-refractivity contribution is 6.31. The summed E-state index contributed by atoms with van der Waals surface area (Å²) in [5.41, 5.74) is 2.28. The number of hydrogen-bond donors (Lipinski definition) is 0. The van der Waals surface area contributed by atoms with Crippen LogP contribution in [0.4, 0.5) is 0 Å². The molecule has 0 aliphatic carbocycles. The molecule has 0 unspecified atom stereocenters. The van der Waals surface area contributed by atoms with Crippen molar-refractivity contribution in [3.8, 4) is 11.8 Å². The predicted octanol–water partition coefficient (Wildman–Crippen LogP) is 5.15. The fourth-order valence-corrected chi connectivity index (χ4v) is 2.70. The second-order valence-corrected chi connectivity index (χ2v) is 6.13. The minimum Gasteiger partial charge on any atom is -0.488 e. The lowest BCUT2D eigenvalue weighted by Gasteiger charge is -2.12. The van der Waals surface area contributed by atoms with Crippen LogP contribution in [-0.4, -0.2) is 5.97 Å². The number of esters is 1. The molecule has 3 rings (SSSR count). The van der Waals surface area contributed by atoms with E-state index in [4.69, 9.17) is 26.3 Å². The zero-order chi connectivity index (χ0) is 19.1. The Balaban J connectivity index is 1.70. The van der Waals surface area contributed by atoms with Crippen molar-refractivity contribution in [2.75, 3.05) is 0 Å². The van der Waals surface area contributed by atoms with Crippen molar-refractivity contribution >= 4 is 17.6 Å². The highest BCUT2D eigenvalue weighted by Crippen LogP contribution is 2.23. The van der Waals surface area contributed by atoms with Gasteiger partial charge >= 0.3 is 5.97 Å². The number of para-hydroxylation sites is 1. The van der Waals surface area contributed by atoms with Gasteiger partial charge in [-0.2, -0.15) is 5.26 Å². The van der Waals surface area contributed by atoms with Crippen LogP contribution >= 0.6 is 11.6 Å². The topological polar surface area (TPSA) is 59.3 Å². The summed E-state index contributed by atoms with van der Waals surface area (Å²) >= 11 is 6.14. The second kappa shape index (κ2) is 8.88. The third kappa shape index (κ3) is 4.66. The van der Waals surface area contributed by atoms with Crippen molar-refractivity contribution in [3.63, 3.8) is 0 Å². The van der Waals surface area contributed by atoms with Crippen LogP contribution in [0.5, 0.6) is 5.75 Å². The first-order valence-electron chi connectivity index (χ1n) is 8.29. The maximum Gasteiger partial charge on any atom is 0.342 e. The lowest BCUT2D eigenvalue weighted by atomic mass is 10.1. The average Bonchev–Trinajstić information content (AvgIpc) is 2.72. The lowest BCUT2D eigenvalue weighted by Crippen LogP contribution is -2.09. The van der Waals surface area contributed by atoms with Gasteiger partial charge in [0, 0.05) is 16.1 Å². The highest BCUT2D eigenvalue weighted by Gasteiger charge is 2.15. The van der Waals surface area contributed by atoms with Gasteiger partial charge in [-0.1, -0.05) is 60.1 Å². The van der Waals surface area contributed by atoms with Gasteiger partial charge in [0.25, 0.3) is 0 Å². The molecule has 0 saturated carbocycles. The van der Waals surface area contributed by atoms with Crippen molar-refractivity contribution < 1.29 is 14.3 Å². The van der Waals surface area contributed by atoms with E-state index in [1.165, 1.54) is 0 Å². The maximum absolute atomic E-state index is 12.5. The molecule has 27 heavy (non-hydrogen) atoms. The number of ether oxygens (including phenoxy) is 2. The molecule has 0 amide bonds. The number of carbonyl (C=O) groups is 1. The highest BCUT2D eigenvalue weighted by atomic mass is 35.5. The molecule has 0 aromatic heterocycles. The number of nitrogens with zero attached hydrogens (tertiary/aromatic N) is 1. The number of hydrogen-bond acceptors (Lipinski definition) is 4. The van der Waals surface area contributed by atoms with Crippen molar-refractivity contribution in [3.05, 3.63) is 100 Å². The Hall–Kier alpha value is -3.29. The van der Waals surface area contributed by atoms with Gasteiger partial charge in [0.15, 0.2) is 0 Å². The van der Waals surface area contributed by atoms with Crippen LogP contribution in [0.1, 0.15) is 27.0 Å². The van der Waals surface area contributed by atoms with Crippen LogP contribution < -0.4 is 4.74 Å². The second-order valence-electron chi connectivity index (χ2n) is 5.72. The van der Waals surface area contributed by atoms with Crippen molar-refractivity contribution in [1.82, 2.24) is 0 Å². The monoisotopic (exact) mass is 377 g/mol. The van der Waals surface area contributed by atoms with E-state index in [9.17, 15) is 4.79 Å². The summed E-state index contributed by atoms with van der Waals surface area (Å²) in [6, 6.07) is 23.3. The minimum atomic E-state index is -0.516. The van der Waals surface area contributed by atoms with E-state index >= 15 is 0 Å². The van der Waals surface area contributed by atoms with Crippen LogP contribution in [0.15, 0.2) is 72.8 Å². The molecule has 0 fully saturated rings. The molecule has 4 nitrogen and oxygen atoms in total. The molecule has 0 radical (unpaired) electrons. The predicted molar refractivity (Wildman–Crippen MR) is 103 cm³/mol. The van der Waals surface area contributed by atoms with Gasteiger partial charge in [0.1, 0.15) is 24.5 Å². The summed E-state index contributed by atoms with van der Waals surface area (Å²) in [6.07, 6.45) is 0. The molecule has 0 heterocycles. The van der Waals surface area contributed by atoms with E-state index in [1.807, 2.05) is 18.2 Å². The van der Waals surface area contributed by atoms with Crippen molar-refractivity contribution in [1.29, 1.82) is 5.26 Å². The molecule has 0 aliphatic heterocycles. The Morgan fingerprint density at radius 3 is 2.33 bits per heavy atom. The minimum absolute atomic E-state index is 0.0153. The summed E-state index contributed by atoms with van der Waals surface area (Å²) < 4.78 is 11.2. The Bertz CT molecular complexity index is 995. The Labute approximate surface area is 162 Å². The van der Waals surface area contributed by atoms with Crippen molar-refractivity contribution in [2.45, 2.75) is 13.2 Å². The normalized spacial score (nSPS) is 10.1. The van der Waals surface area contributed by atoms with Crippen LogP contribution in [-0.2, 0) is 18.0 Å². The molecule has 0 bridgehead atoms. The van der Waals surface area contributed by atoms with E-state index in [0.717, 1.165) is 5.56 Å². The van der Waals surface area contributed by atoms with Crippen LogP contribution in [0.25, 0.3) is 0 Å². The maximum atomic E-state index is 12.5. The van der Waals surface area contributed by atoms with E-state index < -0.39 is 5.97 Å². The smallest absolute Gasteiger partial charge is 0.342 e. The number of carbonyl (C=O) groups excluding carboxylic acids is 1. The van der Waals surface area contributed by atoms with E-state index in [2.05, 4.69) is 6.07 Å². The SMILES string of the molecule is N#Cc1ccccc1COC(=O)c1ccccc1OCc1ccccc1Cl. The molecule has 3 aromatic rings.